The zero-order valence-electron chi connectivity index (χ0n) is 12.4. The van der Waals surface area contributed by atoms with Crippen LogP contribution in [0.4, 0.5) is 0 Å². The van der Waals surface area contributed by atoms with Crippen LogP contribution < -0.4 is 5.32 Å². The number of nitrogens with one attached hydrogen (secondary N) is 1. The predicted octanol–water partition coefficient (Wildman–Crippen LogP) is 2.14. The van der Waals surface area contributed by atoms with Crippen molar-refractivity contribution in [3.63, 3.8) is 0 Å². The Balaban J connectivity index is 1.67. The number of aliphatic hydroxyl groups excluding tert-OH is 1. The molecule has 0 bridgehead atoms. The summed E-state index contributed by atoms with van der Waals surface area (Å²) in [4.78, 5) is 2.67. The Bertz CT molecular complexity index is 301. The fraction of sp³-hybridized carbons (Fsp3) is 1.00. The van der Waals surface area contributed by atoms with Gasteiger partial charge in [0.05, 0.1) is 12.1 Å². The minimum Gasteiger partial charge on any atom is -0.394 e. The number of hydrogen-bond donors (Lipinski definition) is 2. The van der Waals surface area contributed by atoms with Gasteiger partial charge in [-0.15, -0.1) is 0 Å². The molecule has 0 aromatic heterocycles. The van der Waals surface area contributed by atoms with Gasteiger partial charge in [0.25, 0.3) is 0 Å². The molecule has 3 heteroatoms. The van der Waals surface area contributed by atoms with E-state index in [1.54, 1.807) is 0 Å². The Labute approximate surface area is 117 Å². The number of nitrogens with zero attached hydrogens (tertiary/aromatic N) is 1. The molecule has 110 valence electrons. The van der Waals surface area contributed by atoms with Crippen molar-refractivity contribution in [2.75, 3.05) is 19.7 Å². The Hall–Kier alpha value is -0.120. The standard InChI is InChI=1S/C16H30N2O/c1-2-15-5-3-4-10-18(15)11-16(12-19,13-6-7-13)17-14-8-9-14/h13-15,17,19H,2-12H2,1H3. The van der Waals surface area contributed by atoms with Gasteiger partial charge in [0.1, 0.15) is 0 Å². The van der Waals surface area contributed by atoms with Crippen molar-refractivity contribution < 1.29 is 5.11 Å². The molecule has 0 aromatic carbocycles. The quantitative estimate of drug-likeness (QED) is 0.741. The molecule has 0 amide bonds. The predicted molar refractivity (Wildman–Crippen MR) is 78.2 cm³/mol. The molecule has 3 aliphatic rings. The van der Waals surface area contributed by atoms with Crippen molar-refractivity contribution in [2.45, 2.75) is 75.9 Å². The van der Waals surface area contributed by atoms with Gasteiger partial charge in [-0.2, -0.15) is 0 Å². The number of piperidine rings is 1. The molecule has 1 aliphatic heterocycles. The van der Waals surface area contributed by atoms with Crippen molar-refractivity contribution >= 4 is 0 Å². The summed E-state index contributed by atoms with van der Waals surface area (Å²) in [6, 6.07) is 1.44. The van der Waals surface area contributed by atoms with Gasteiger partial charge in [0.15, 0.2) is 0 Å². The van der Waals surface area contributed by atoms with Crippen molar-refractivity contribution in [1.29, 1.82) is 0 Å². The van der Waals surface area contributed by atoms with Crippen molar-refractivity contribution in [3.8, 4) is 0 Å². The Morgan fingerprint density at radius 1 is 1.16 bits per heavy atom. The molecular weight excluding hydrogens is 236 g/mol. The third-order valence-electron chi connectivity index (χ3n) is 5.42. The summed E-state index contributed by atoms with van der Waals surface area (Å²) in [5.74, 6) is 0.720. The third kappa shape index (κ3) is 3.14. The van der Waals surface area contributed by atoms with Crippen LogP contribution in [0.25, 0.3) is 0 Å². The summed E-state index contributed by atoms with van der Waals surface area (Å²) >= 11 is 0. The van der Waals surface area contributed by atoms with Crippen LogP contribution in [0, 0.1) is 5.92 Å². The first-order valence-electron chi connectivity index (χ1n) is 8.40. The van der Waals surface area contributed by atoms with Gasteiger partial charge in [0, 0.05) is 18.6 Å². The molecule has 1 heterocycles. The molecule has 3 fully saturated rings. The van der Waals surface area contributed by atoms with Gasteiger partial charge in [-0.1, -0.05) is 13.3 Å². The molecule has 2 aliphatic carbocycles. The average molecular weight is 266 g/mol. The summed E-state index contributed by atoms with van der Waals surface area (Å²) in [7, 11) is 0. The first kappa shape index (κ1) is 13.8. The van der Waals surface area contributed by atoms with Gasteiger partial charge >= 0.3 is 0 Å². The molecule has 2 atom stereocenters. The summed E-state index contributed by atoms with van der Waals surface area (Å²) in [5, 5.41) is 13.9. The van der Waals surface area contributed by atoms with Crippen molar-refractivity contribution in [1.82, 2.24) is 10.2 Å². The lowest BCUT2D eigenvalue weighted by molar-refractivity contribution is 0.0513. The van der Waals surface area contributed by atoms with Gasteiger partial charge < -0.3 is 10.4 Å². The summed E-state index contributed by atoms with van der Waals surface area (Å²) in [6.07, 6.45) is 10.6. The first-order valence-corrected chi connectivity index (χ1v) is 8.40. The minimum atomic E-state index is 0.00588. The fourth-order valence-corrected chi connectivity index (χ4v) is 3.88. The number of hydrogen-bond acceptors (Lipinski definition) is 3. The van der Waals surface area contributed by atoms with E-state index >= 15 is 0 Å². The highest BCUT2D eigenvalue weighted by molar-refractivity contribution is 5.06. The highest BCUT2D eigenvalue weighted by Crippen LogP contribution is 2.42. The van der Waals surface area contributed by atoms with Crippen LogP contribution in [-0.4, -0.2) is 47.3 Å². The lowest BCUT2D eigenvalue weighted by atomic mass is 9.90. The van der Waals surface area contributed by atoms with E-state index in [9.17, 15) is 5.11 Å². The highest BCUT2D eigenvalue weighted by atomic mass is 16.3. The van der Waals surface area contributed by atoms with Gasteiger partial charge in [0.2, 0.25) is 0 Å². The summed E-state index contributed by atoms with van der Waals surface area (Å²) in [5.41, 5.74) is 0.00588. The van der Waals surface area contributed by atoms with E-state index < -0.39 is 0 Å². The van der Waals surface area contributed by atoms with E-state index in [2.05, 4.69) is 17.1 Å². The molecule has 0 radical (unpaired) electrons. The van der Waals surface area contributed by atoms with Gasteiger partial charge in [-0.25, -0.2) is 0 Å². The monoisotopic (exact) mass is 266 g/mol. The zero-order valence-corrected chi connectivity index (χ0v) is 12.4. The lowest BCUT2D eigenvalue weighted by Gasteiger charge is -2.43. The zero-order chi connectivity index (χ0) is 13.3. The SMILES string of the molecule is CCC1CCCCN1CC(CO)(NC1CC1)C1CC1. The molecule has 2 saturated carbocycles. The second kappa shape index (κ2) is 5.71. The second-order valence-corrected chi connectivity index (χ2v) is 7.04. The van der Waals surface area contributed by atoms with Crippen LogP contribution in [0.5, 0.6) is 0 Å². The normalized spacial score (nSPS) is 32.2. The van der Waals surface area contributed by atoms with Crippen LogP contribution in [0.1, 0.15) is 58.3 Å². The number of likely N-dealkylation sites (tertiary alicyclic amines) is 1. The second-order valence-electron chi connectivity index (χ2n) is 7.04. The van der Waals surface area contributed by atoms with E-state index in [-0.39, 0.29) is 5.54 Å². The largest absolute Gasteiger partial charge is 0.394 e. The molecular formula is C16H30N2O. The first-order chi connectivity index (χ1) is 9.27. The topological polar surface area (TPSA) is 35.5 Å². The van der Waals surface area contributed by atoms with E-state index in [4.69, 9.17) is 0 Å². The van der Waals surface area contributed by atoms with E-state index in [1.807, 2.05) is 0 Å². The molecule has 3 rings (SSSR count). The molecule has 2 N–H and O–H groups in total. The summed E-state index contributed by atoms with van der Waals surface area (Å²) < 4.78 is 0. The minimum absolute atomic E-state index is 0.00588. The average Bonchev–Trinajstić information content (AvgIpc) is 3.30. The van der Waals surface area contributed by atoms with Gasteiger partial charge in [-0.05, 0) is 57.4 Å². The third-order valence-corrected chi connectivity index (χ3v) is 5.42. The maximum absolute atomic E-state index is 10.1. The fourth-order valence-electron chi connectivity index (χ4n) is 3.88. The van der Waals surface area contributed by atoms with E-state index in [1.165, 1.54) is 57.9 Å². The lowest BCUT2D eigenvalue weighted by Crippen LogP contribution is -2.60. The Kier molecular flexibility index (Phi) is 4.16. The van der Waals surface area contributed by atoms with Crippen LogP contribution in [-0.2, 0) is 0 Å². The smallest absolute Gasteiger partial charge is 0.0628 e. The Morgan fingerprint density at radius 3 is 2.53 bits per heavy atom. The molecule has 2 unspecified atom stereocenters. The van der Waals surface area contributed by atoms with Crippen molar-refractivity contribution in [2.24, 2.45) is 5.92 Å². The van der Waals surface area contributed by atoms with Gasteiger partial charge in [-0.3, -0.25) is 4.90 Å². The highest BCUT2D eigenvalue weighted by Gasteiger charge is 2.48. The molecule has 19 heavy (non-hydrogen) atoms. The number of aliphatic hydroxyl groups is 1. The molecule has 0 spiro atoms. The van der Waals surface area contributed by atoms with Crippen LogP contribution in [0.2, 0.25) is 0 Å². The molecule has 1 saturated heterocycles. The summed E-state index contributed by atoms with van der Waals surface area (Å²) in [6.45, 7) is 4.94. The van der Waals surface area contributed by atoms with Crippen LogP contribution in [0.15, 0.2) is 0 Å². The van der Waals surface area contributed by atoms with E-state index in [0.29, 0.717) is 12.6 Å². The van der Waals surface area contributed by atoms with Crippen LogP contribution >= 0.6 is 0 Å². The van der Waals surface area contributed by atoms with Crippen molar-refractivity contribution in [3.05, 3.63) is 0 Å². The number of rotatable bonds is 7. The van der Waals surface area contributed by atoms with Crippen LogP contribution in [0.3, 0.4) is 0 Å². The molecule has 0 aromatic rings. The maximum atomic E-state index is 10.1. The molecule has 3 nitrogen and oxygen atoms in total. The van der Waals surface area contributed by atoms with E-state index in [0.717, 1.165) is 18.5 Å². The maximum Gasteiger partial charge on any atom is 0.0628 e. The Morgan fingerprint density at radius 2 is 1.95 bits per heavy atom.